The molecule has 0 radical (unpaired) electrons. The second kappa shape index (κ2) is 7.27. The van der Waals surface area contributed by atoms with Gasteiger partial charge in [0.05, 0.1) is 11.9 Å². The lowest BCUT2D eigenvalue weighted by Crippen LogP contribution is -2.31. The van der Waals surface area contributed by atoms with Crippen molar-refractivity contribution in [1.29, 1.82) is 0 Å². The van der Waals surface area contributed by atoms with E-state index in [1.165, 1.54) is 6.20 Å². The fourth-order valence-electron chi connectivity index (χ4n) is 3.51. The van der Waals surface area contributed by atoms with Gasteiger partial charge >= 0.3 is 0 Å². The predicted octanol–water partition coefficient (Wildman–Crippen LogP) is 2.16. The number of amides is 1. The minimum absolute atomic E-state index is 0.0630. The molecule has 1 atom stereocenters. The minimum Gasteiger partial charge on any atom is -0.504 e. The van der Waals surface area contributed by atoms with Gasteiger partial charge in [-0.2, -0.15) is 5.10 Å². The smallest absolute Gasteiger partial charge is 0.278 e. The first-order valence-corrected chi connectivity index (χ1v) is 8.80. The topological polar surface area (TPSA) is 61.6 Å². The number of likely N-dealkylation sites (tertiary alicyclic amines) is 1. The molecule has 134 valence electrons. The molecular formula is C19H26N4O2. The van der Waals surface area contributed by atoms with Gasteiger partial charge in [0.25, 0.3) is 5.91 Å². The maximum absolute atomic E-state index is 12.8. The van der Waals surface area contributed by atoms with Crippen LogP contribution in [0.2, 0.25) is 0 Å². The van der Waals surface area contributed by atoms with Crippen LogP contribution in [0.15, 0.2) is 30.5 Å². The van der Waals surface area contributed by atoms with Gasteiger partial charge in [-0.3, -0.25) is 4.79 Å². The number of aromatic hydroxyl groups is 1. The largest absolute Gasteiger partial charge is 0.504 e. The normalized spacial score (nSPS) is 17.4. The number of para-hydroxylation sites is 1. The summed E-state index contributed by atoms with van der Waals surface area (Å²) >= 11 is 0. The quantitative estimate of drug-likeness (QED) is 0.905. The number of aromatic nitrogens is 2. The number of hydrogen-bond donors (Lipinski definition) is 1. The van der Waals surface area contributed by atoms with Crippen molar-refractivity contribution in [3.63, 3.8) is 0 Å². The molecule has 1 aliphatic heterocycles. The van der Waals surface area contributed by atoms with Gasteiger partial charge in [0.15, 0.2) is 11.4 Å². The third-order valence-electron chi connectivity index (χ3n) is 4.71. The Labute approximate surface area is 148 Å². The van der Waals surface area contributed by atoms with Crippen LogP contribution < -0.4 is 0 Å². The zero-order valence-electron chi connectivity index (χ0n) is 15.1. The highest BCUT2D eigenvalue weighted by atomic mass is 16.3. The number of carbonyl (C=O) groups excluding carboxylic acids is 1. The molecule has 1 saturated heterocycles. The summed E-state index contributed by atoms with van der Waals surface area (Å²) in [5.41, 5.74) is 2.15. The number of hydrogen-bond acceptors (Lipinski definition) is 4. The molecular weight excluding hydrogens is 316 g/mol. The lowest BCUT2D eigenvalue weighted by atomic mass is 10.1. The Morgan fingerprint density at radius 1 is 1.36 bits per heavy atom. The van der Waals surface area contributed by atoms with Gasteiger partial charge in [0.2, 0.25) is 0 Å². The molecule has 1 fully saturated rings. The first-order valence-electron chi connectivity index (χ1n) is 8.80. The lowest BCUT2D eigenvalue weighted by molar-refractivity contribution is 0.0776. The lowest BCUT2D eigenvalue weighted by Gasteiger charge is -2.17. The molecule has 1 amide bonds. The number of nitrogens with zero attached hydrogens (tertiary/aromatic N) is 4. The Kier molecular flexibility index (Phi) is 5.08. The van der Waals surface area contributed by atoms with E-state index in [4.69, 9.17) is 0 Å². The summed E-state index contributed by atoms with van der Waals surface area (Å²) < 4.78 is 1.61. The molecule has 3 rings (SSSR count). The van der Waals surface area contributed by atoms with Crippen LogP contribution in [-0.4, -0.2) is 64.3 Å². The maximum Gasteiger partial charge on any atom is 0.278 e. The summed E-state index contributed by atoms with van der Waals surface area (Å²) in [6, 6.07) is 7.89. The summed E-state index contributed by atoms with van der Waals surface area (Å²) in [4.78, 5) is 16.7. The molecule has 0 spiro atoms. The van der Waals surface area contributed by atoms with Crippen LogP contribution in [-0.2, 0) is 6.42 Å². The van der Waals surface area contributed by atoms with Crippen LogP contribution in [0.3, 0.4) is 0 Å². The van der Waals surface area contributed by atoms with Gasteiger partial charge in [0.1, 0.15) is 0 Å². The number of aryl methyl sites for hydroxylation is 1. The number of rotatable bonds is 5. The molecule has 1 N–H and O–H groups in total. The Hall–Kier alpha value is -2.34. The minimum atomic E-state index is -0.188. The molecule has 0 saturated carbocycles. The average molecular weight is 342 g/mol. The van der Waals surface area contributed by atoms with Gasteiger partial charge < -0.3 is 14.9 Å². The Morgan fingerprint density at radius 2 is 2.12 bits per heavy atom. The molecule has 2 heterocycles. The van der Waals surface area contributed by atoms with Crippen LogP contribution in [0.4, 0.5) is 0 Å². The molecule has 1 aliphatic rings. The molecule has 25 heavy (non-hydrogen) atoms. The van der Waals surface area contributed by atoms with Crippen molar-refractivity contribution in [2.45, 2.75) is 19.8 Å². The summed E-state index contributed by atoms with van der Waals surface area (Å²) in [5, 5.41) is 14.6. The van der Waals surface area contributed by atoms with Gasteiger partial charge in [-0.05, 0) is 44.5 Å². The zero-order chi connectivity index (χ0) is 18.0. The van der Waals surface area contributed by atoms with Crippen molar-refractivity contribution in [2.75, 3.05) is 33.7 Å². The SMILES string of the molecule is CCc1ccccc1-n1cc(O)c(C(=O)N2CC[C@@H](CN(C)C)C2)n1. The van der Waals surface area contributed by atoms with Gasteiger partial charge in [-0.25, -0.2) is 4.68 Å². The molecule has 1 aromatic heterocycles. The van der Waals surface area contributed by atoms with E-state index in [2.05, 4.69) is 16.9 Å². The maximum atomic E-state index is 12.8. The zero-order valence-corrected chi connectivity index (χ0v) is 15.1. The van der Waals surface area contributed by atoms with E-state index in [0.29, 0.717) is 5.92 Å². The average Bonchev–Trinajstić information content (AvgIpc) is 3.20. The van der Waals surface area contributed by atoms with Crippen LogP contribution in [0.25, 0.3) is 5.69 Å². The Morgan fingerprint density at radius 3 is 2.84 bits per heavy atom. The monoisotopic (exact) mass is 342 g/mol. The molecule has 2 aromatic rings. The van der Waals surface area contributed by atoms with Gasteiger partial charge in [0, 0.05) is 19.6 Å². The highest BCUT2D eigenvalue weighted by Crippen LogP contribution is 2.25. The molecule has 1 aromatic carbocycles. The summed E-state index contributed by atoms with van der Waals surface area (Å²) in [5.74, 6) is 0.224. The molecule has 0 aliphatic carbocycles. The summed E-state index contributed by atoms with van der Waals surface area (Å²) in [7, 11) is 4.09. The molecule has 6 heteroatoms. The van der Waals surface area contributed by atoms with Crippen molar-refractivity contribution in [2.24, 2.45) is 5.92 Å². The molecule has 0 unspecified atom stereocenters. The van der Waals surface area contributed by atoms with Gasteiger partial charge in [-0.15, -0.1) is 0 Å². The van der Waals surface area contributed by atoms with E-state index >= 15 is 0 Å². The van der Waals surface area contributed by atoms with E-state index < -0.39 is 0 Å². The second-order valence-corrected chi connectivity index (χ2v) is 6.96. The predicted molar refractivity (Wildman–Crippen MR) is 97.2 cm³/mol. The van der Waals surface area contributed by atoms with Crippen molar-refractivity contribution in [3.05, 3.63) is 41.7 Å². The molecule has 0 bridgehead atoms. The third kappa shape index (κ3) is 3.69. The van der Waals surface area contributed by atoms with Gasteiger partial charge in [-0.1, -0.05) is 25.1 Å². The Balaban J connectivity index is 1.80. The Bertz CT molecular complexity index is 754. The molecule has 6 nitrogen and oxygen atoms in total. The van der Waals surface area contributed by atoms with E-state index in [1.54, 1.807) is 9.58 Å². The van der Waals surface area contributed by atoms with Crippen LogP contribution in [0, 0.1) is 5.92 Å². The fraction of sp³-hybridized carbons (Fsp3) is 0.474. The first-order chi connectivity index (χ1) is 12.0. The van der Waals surface area contributed by atoms with Crippen molar-refractivity contribution >= 4 is 5.91 Å². The van der Waals surface area contributed by atoms with E-state index in [9.17, 15) is 9.90 Å². The van der Waals surface area contributed by atoms with E-state index in [-0.39, 0.29) is 17.4 Å². The van der Waals surface area contributed by atoms with E-state index in [0.717, 1.165) is 43.7 Å². The van der Waals surface area contributed by atoms with E-state index in [1.807, 2.05) is 38.4 Å². The van der Waals surface area contributed by atoms with Crippen LogP contribution in [0.5, 0.6) is 5.75 Å². The highest BCUT2D eigenvalue weighted by molar-refractivity contribution is 5.95. The third-order valence-corrected chi connectivity index (χ3v) is 4.71. The fourth-order valence-corrected chi connectivity index (χ4v) is 3.51. The number of carbonyl (C=O) groups is 1. The number of benzene rings is 1. The second-order valence-electron chi connectivity index (χ2n) is 6.96. The standard InChI is InChI=1S/C19H26N4O2/c1-4-15-7-5-6-8-16(15)23-13-17(24)18(20-23)19(25)22-10-9-14(12-22)11-21(2)3/h5-8,13-14,24H,4,9-12H2,1-3H3/t14-/m0/s1. The summed E-state index contributed by atoms with van der Waals surface area (Å²) in [6.45, 7) is 4.47. The highest BCUT2D eigenvalue weighted by Gasteiger charge is 2.30. The first kappa shape index (κ1) is 17.5. The van der Waals surface area contributed by atoms with Crippen molar-refractivity contribution < 1.29 is 9.90 Å². The summed E-state index contributed by atoms with van der Waals surface area (Å²) in [6.07, 6.45) is 3.37. The van der Waals surface area contributed by atoms with Crippen LogP contribution in [0.1, 0.15) is 29.4 Å². The van der Waals surface area contributed by atoms with Crippen molar-refractivity contribution in [3.8, 4) is 11.4 Å². The van der Waals surface area contributed by atoms with Crippen LogP contribution >= 0.6 is 0 Å². The van der Waals surface area contributed by atoms with Crippen molar-refractivity contribution in [1.82, 2.24) is 19.6 Å².